The number of hydrogen-bond donors (Lipinski definition) is 3. The van der Waals surface area contributed by atoms with Gasteiger partial charge in [0.15, 0.2) is 5.82 Å². The summed E-state index contributed by atoms with van der Waals surface area (Å²) in [6, 6.07) is 2.04. The fraction of sp³-hybridized carbons (Fsp3) is 0.188. The molecule has 1 aromatic carbocycles. The van der Waals surface area contributed by atoms with E-state index in [1.165, 1.54) is 12.5 Å². The topological polar surface area (TPSA) is 96.7 Å². The molecule has 124 valence electrons. The van der Waals surface area contributed by atoms with Crippen LogP contribution in [0.4, 0.5) is 20.3 Å². The van der Waals surface area contributed by atoms with Gasteiger partial charge in [0.25, 0.3) is 0 Å². The van der Waals surface area contributed by atoms with Gasteiger partial charge in [-0.1, -0.05) is 6.92 Å². The van der Waals surface area contributed by atoms with E-state index in [0.717, 1.165) is 18.6 Å². The molecule has 0 aliphatic rings. The number of anilines is 2. The molecule has 0 fully saturated rings. The van der Waals surface area contributed by atoms with Crippen molar-refractivity contribution in [1.29, 1.82) is 0 Å². The summed E-state index contributed by atoms with van der Waals surface area (Å²) >= 11 is 0. The normalized spacial score (nSPS) is 11.0. The zero-order chi connectivity index (χ0) is 17.3. The maximum atomic E-state index is 14.2. The lowest BCUT2D eigenvalue weighted by atomic mass is 10.0. The summed E-state index contributed by atoms with van der Waals surface area (Å²) in [4.78, 5) is 23.7. The molecular weight excluding hydrogens is 316 g/mol. The van der Waals surface area contributed by atoms with Gasteiger partial charge in [0.05, 0.1) is 22.2 Å². The summed E-state index contributed by atoms with van der Waals surface area (Å²) in [5.41, 5.74) is 4.94. The number of fused-ring (bicyclic) bond motifs is 1. The van der Waals surface area contributed by atoms with Crippen LogP contribution in [0.1, 0.15) is 29.3 Å². The Morgan fingerprint density at radius 3 is 2.88 bits per heavy atom. The molecule has 0 radical (unpaired) electrons. The van der Waals surface area contributed by atoms with Crippen LogP contribution in [0.25, 0.3) is 11.0 Å². The minimum atomic E-state index is -1.07. The third kappa shape index (κ3) is 2.55. The van der Waals surface area contributed by atoms with Gasteiger partial charge in [0, 0.05) is 12.7 Å². The van der Waals surface area contributed by atoms with Crippen molar-refractivity contribution in [3.05, 3.63) is 47.4 Å². The molecule has 6 nitrogen and oxygen atoms in total. The quantitative estimate of drug-likeness (QED) is 0.493. The number of benzene rings is 1. The highest BCUT2D eigenvalue weighted by molar-refractivity contribution is 6.18. The second-order valence-electron chi connectivity index (χ2n) is 5.23. The van der Waals surface area contributed by atoms with E-state index in [-0.39, 0.29) is 11.3 Å². The number of rotatable bonds is 5. The van der Waals surface area contributed by atoms with Crippen molar-refractivity contribution in [3.8, 4) is 0 Å². The van der Waals surface area contributed by atoms with Crippen LogP contribution < -0.4 is 11.1 Å². The Kier molecular flexibility index (Phi) is 4.11. The van der Waals surface area contributed by atoms with E-state index in [9.17, 15) is 13.6 Å². The van der Waals surface area contributed by atoms with Crippen LogP contribution in [-0.4, -0.2) is 27.3 Å². The third-order valence-electron chi connectivity index (χ3n) is 3.60. The summed E-state index contributed by atoms with van der Waals surface area (Å²) in [5.74, 6) is -2.44. The molecule has 3 aromatic rings. The highest BCUT2D eigenvalue weighted by atomic mass is 19.1. The molecule has 0 saturated heterocycles. The Morgan fingerprint density at radius 1 is 1.33 bits per heavy atom. The van der Waals surface area contributed by atoms with Gasteiger partial charge in [-0.2, -0.15) is 0 Å². The molecule has 24 heavy (non-hydrogen) atoms. The maximum Gasteiger partial charge on any atom is 0.201 e. The lowest BCUT2D eigenvalue weighted by molar-refractivity contribution is 0.103. The molecule has 3 rings (SSSR count). The smallest absolute Gasteiger partial charge is 0.201 e. The standard InChI is InChI=1S/C16H15F2N5O/c1-2-5-20-15-11-8(6-21-16(11)23-7-22-15)14(24)12-9(17)3-4-10(19)13(12)18/h3-4,6-7H,2,5,19H2,1H3,(H2,20,21,22,23). The van der Waals surface area contributed by atoms with Gasteiger partial charge in [0.2, 0.25) is 5.78 Å². The van der Waals surface area contributed by atoms with Crippen molar-refractivity contribution >= 4 is 28.3 Å². The monoisotopic (exact) mass is 331 g/mol. The van der Waals surface area contributed by atoms with Gasteiger partial charge in [-0.3, -0.25) is 4.79 Å². The largest absolute Gasteiger partial charge is 0.396 e. The van der Waals surface area contributed by atoms with Crippen molar-refractivity contribution in [2.45, 2.75) is 13.3 Å². The van der Waals surface area contributed by atoms with Crippen LogP contribution in [-0.2, 0) is 0 Å². The van der Waals surface area contributed by atoms with Crippen LogP contribution in [0.2, 0.25) is 0 Å². The fourth-order valence-electron chi connectivity index (χ4n) is 2.43. The summed E-state index contributed by atoms with van der Waals surface area (Å²) in [6.07, 6.45) is 3.55. The number of nitrogen functional groups attached to an aromatic ring is 1. The average Bonchev–Trinajstić information content (AvgIpc) is 3.01. The first-order chi connectivity index (χ1) is 11.5. The Bertz CT molecular complexity index is 922. The van der Waals surface area contributed by atoms with Crippen molar-refractivity contribution in [3.63, 3.8) is 0 Å². The molecule has 0 amide bonds. The highest BCUT2D eigenvalue weighted by Gasteiger charge is 2.25. The van der Waals surface area contributed by atoms with E-state index in [2.05, 4.69) is 20.3 Å². The SMILES string of the molecule is CCCNc1ncnc2[nH]cc(C(=O)c3c(F)ccc(N)c3F)c12. The molecular formula is C16H15F2N5O. The zero-order valence-electron chi connectivity index (χ0n) is 12.9. The Morgan fingerprint density at radius 2 is 2.12 bits per heavy atom. The minimum absolute atomic E-state index is 0.0765. The summed E-state index contributed by atoms with van der Waals surface area (Å²) in [7, 11) is 0. The fourth-order valence-corrected chi connectivity index (χ4v) is 2.43. The van der Waals surface area contributed by atoms with Crippen LogP contribution >= 0.6 is 0 Å². The molecule has 2 heterocycles. The van der Waals surface area contributed by atoms with Gasteiger partial charge in [-0.15, -0.1) is 0 Å². The van der Waals surface area contributed by atoms with Crippen LogP contribution in [0.5, 0.6) is 0 Å². The second kappa shape index (κ2) is 6.23. The molecule has 0 atom stereocenters. The number of carbonyl (C=O) groups excluding carboxylic acids is 1. The van der Waals surface area contributed by atoms with E-state index in [1.54, 1.807) is 0 Å². The van der Waals surface area contributed by atoms with Gasteiger partial charge in [-0.25, -0.2) is 18.7 Å². The summed E-state index contributed by atoms with van der Waals surface area (Å²) in [6.45, 7) is 2.61. The van der Waals surface area contributed by atoms with Crippen LogP contribution in [0.15, 0.2) is 24.7 Å². The van der Waals surface area contributed by atoms with E-state index in [0.29, 0.717) is 23.4 Å². The first-order valence-electron chi connectivity index (χ1n) is 7.38. The highest BCUT2D eigenvalue weighted by Crippen LogP contribution is 2.28. The minimum Gasteiger partial charge on any atom is -0.396 e. The first kappa shape index (κ1) is 15.9. The van der Waals surface area contributed by atoms with E-state index < -0.39 is 23.0 Å². The van der Waals surface area contributed by atoms with Gasteiger partial charge in [-0.05, 0) is 18.6 Å². The number of halogens is 2. The maximum absolute atomic E-state index is 14.2. The van der Waals surface area contributed by atoms with E-state index in [4.69, 9.17) is 5.73 Å². The molecule has 4 N–H and O–H groups in total. The molecule has 0 aliphatic carbocycles. The molecule has 8 heteroatoms. The Hall–Kier alpha value is -3.03. The number of nitrogens with two attached hydrogens (primary N) is 1. The molecule has 0 aliphatic heterocycles. The third-order valence-corrected chi connectivity index (χ3v) is 3.60. The molecule has 0 bridgehead atoms. The number of ketones is 1. The lowest BCUT2D eigenvalue weighted by Crippen LogP contribution is -2.10. The van der Waals surface area contributed by atoms with Crippen molar-refractivity contribution < 1.29 is 13.6 Å². The van der Waals surface area contributed by atoms with E-state index >= 15 is 0 Å². The zero-order valence-corrected chi connectivity index (χ0v) is 12.9. The average molecular weight is 331 g/mol. The second-order valence-corrected chi connectivity index (χ2v) is 5.23. The Labute approximate surface area is 136 Å². The van der Waals surface area contributed by atoms with E-state index in [1.807, 2.05) is 6.92 Å². The number of aromatic nitrogens is 3. The van der Waals surface area contributed by atoms with Gasteiger partial charge >= 0.3 is 0 Å². The Balaban J connectivity index is 2.17. The van der Waals surface area contributed by atoms with Gasteiger partial charge in [0.1, 0.15) is 23.6 Å². The molecule has 0 unspecified atom stereocenters. The number of aromatic amines is 1. The van der Waals surface area contributed by atoms with Crippen LogP contribution in [0, 0.1) is 11.6 Å². The number of H-pyrrole nitrogens is 1. The number of nitrogens with zero attached hydrogens (tertiary/aromatic N) is 2. The van der Waals surface area contributed by atoms with Gasteiger partial charge < -0.3 is 16.0 Å². The predicted molar refractivity (Wildman–Crippen MR) is 86.9 cm³/mol. The summed E-state index contributed by atoms with van der Waals surface area (Å²) < 4.78 is 28.2. The number of nitrogens with one attached hydrogen (secondary N) is 2. The summed E-state index contributed by atoms with van der Waals surface area (Å²) in [5, 5.41) is 3.46. The predicted octanol–water partition coefficient (Wildman–Crippen LogP) is 2.87. The van der Waals surface area contributed by atoms with Crippen LogP contribution in [0.3, 0.4) is 0 Å². The van der Waals surface area contributed by atoms with Crippen molar-refractivity contribution in [2.75, 3.05) is 17.6 Å². The first-order valence-corrected chi connectivity index (χ1v) is 7.38. The van der Waals surface area contributed by atoms with Crippen molar-refractivity contribution in [2.24, 2.45) is 0 Å². The molecule has 2 aromatic heterocycles. The molecule has 0 spiro atoms. The number of hydrogen-bond acceptors (Lipinski definition) is 5. The lowest BCUT2D eigenvalue weighted by Gasteiger charge is -2.08. The molecule has 0 saturated carbocycles. The van der Waals surface area contributed by atoms with Crippen molar-refractivity contribution in [1.82, 2.24) is 15.0 Å². The number of carbonyl (C=O) groups is 1.